The van der Waals surface area contributed by atoms with Crippen LogP contribution in [0.3, 0.4) is 0 Å². The molecule has 2 amide bonds. The van der Waals surface area contributed by atoms with E-state index in [1.807, 2.05) is 0 Å². The number of aliphatic hydroxyl groups is 1. The molecule has 0 saturated heterocycles. The highest BCUT2D eigenvalue weighted by atomic mass is 19.1. The number of furan rings is 1. The van der Waals surface area contributed by atoms with Crippen molar-refractivity contribution in [2.75, 3.05) is 13.1 Å². The molecule has 0 bridgehead atoms. The molecule has 0 spiro atoms. The van der Waals surface area contributed by atoms with Crippen molar-refractivity contribution in [1.29, 1.82) is 0 Å². The van der Waals surface area contributed by atoms with Crippen LogP contribution >= 0.6 is 0 Å². The number of halogens is 1. The molecule has 1 unspecified atom stereocenters. The van der Waals surface area contributed by atoms with Gasteiger partial charge in [-0.2, -0.15) is 0 Å². The van der Waals surface area contributed by atoms with Crippen LogP contribution in [0.2, 0.25) is 0 Å². The molecule has 25 heavy (non-hydrogen) atoms. The Morgan fingerprint density at radius 1 is 1.20 bits per heavy atom. The summed E-state index contributed by atoms with van der Waals surface area (Å²) in [6.45, 7) is 2.99. The van der Waals surface area contributed by atoms with Gasteiger partial charge in [0, 0.05) is 0 Å². The lowest BCUT2D eigenvalue weighted by atomic mass is 10.0. The van der Waals surface area contributed by atoms with Gasteiger partial charge in [-0.25, -0.2) is 4.39 Å². The molecule has 2 rings (SSSR count). The lowest BCUT2D eigenvalue weighted by Gasteiger charge is -2.21. The summed E-state index contributed by atoms with van der Waals surface area (Å²) in [7, 11) is 0. The third-order valence-corrected chi connectivity index (χ3v) is 3.60. The van der Waals surface area contributed by atoms with Crippen LogP contribution in [0.5, 0.6) is 0 Å². The Labute approximate surface area is 145 Å². The van der Waals surface area contributed by atoms with Gasteiger partial charge in [0.2, 0.25) is 11.8 Å². The van der Waals surface area contributed by atoms with E-state index in [0.29, 0.717) is 17.1 Å². The van der Waals surface area contributed by atoms with E-state index >= 15 is 0 Å². The highest BCUT2D eigenvalue weighted by Crippen LogP contribution is 2.21. The molecule has 134 valence electrons. The van der Waals surface area contributed by atoms with Crippen molar-refractivity contribution in [2.24, 2.45) is 0 Å². The van der Waals surface area contributed by atoms with Crippen LogP contribution in [0.4, 0.5) is 4.39 Å². The first-order valence-corrected chi connectivity index (χ1v) is 7.83. The summed E-state index contributed by atoms with van der Waals surface area (Å²) in [5, 5.41) is 15.3. The number of hydrogen-bond acceptors (Lipinski definition) is 4. The number of rotatable bonds is 7. The third kappa shape index (κ3) is 5.72. The molecule has 1 aromatic carbocycles. The van der Waals surface area contributed by atoms with E-state index in [-0.39, 0.29) is 19.5 Å². The summed E-state index contributed by atoms with van der Waals surface area (Å²) in [6, 6.07) is 9.07. The molecule has 0 radical (unpaired) electrons. The number of nitrogens with one attached hydrogen (secondary N) is 2. The van der Waals surface area contributed by atoms with E-state index in [1.54, 1.807) is 25.1 Å². The summed E-state index contributed by atoms with van der Waals surface area (Å²) in [5.74, 6) is -0.254. The normalized spacial score (nSPS) is 13.1. The van der Waals surface area contributed by atoms with Gasteiger partial charge in [0.1, 0.15) is 22.9 Å². The van der Waals surface area contributed by atoms with E-state index in [0.717, 1.165) is 0 Å². The molecule has 0 saturated carbocycles. The molecular formula is C18H21FN2O4. The van der Waals surface area contributed by atoms with Crippen molar-refractivity contribution in [3.63, 3.8) is 0 Å². The van der Waals surface area contributed by atoms with Gasteiger partial charge in [-0.15, -0.1) is 0 Å². The Morgan fingerprint density at radius 3 is 2.60 bits per heavy atom. The van der Waals surface area contributed by atoms with Crippen molar-refractivity contribution in [2.45, 2.75) is 25.9 Å². The smallest absolute Gasteiger partial charge is 0.239 e. The van der Waals surface area contributed by atoms with E-state index in [9.17, 15) is 19.1 Å². The van der Waals surface area contributed by atoms with E-state index < -0.39 is 23.2 Å². The first-order chi connectivity index (χ1) is 11.8. The highest BCUT2D eigenvalue weighted by molar-refractivity contribution is 5.85. The molecule has 7 heteroatoms. The fraction of sp³-hybridized carbons (Fsp3) is 0.333. The molecule has 0 aliphatic carbocycles. The Morgan fingerprint density at radius 2 is 1.96 bits per heavy atom. The van der Waals surface area contributed by atoms with Crippen LogP contribution in [0, 0.1) is 12.7 Å². The largest absolute Gasteiger partial charge is 0.463 e. The molecule has 0 aliphatic rings. The topological polar surface area (TPSA) is 91.6 Å². The van der Waals surface area contributed by atoms with Crippen molar-refractivity contribution in [3.8, 4) is 0 Å². The predicted molar refractivity (Wildman–Crippen MR) is 89.1 cm³/mol. The molecule has 2 aromatic rings. The number of carbonyl (C=O) groups excluding carboxylic acids is 2. The quantitative estimate of drug-likeness (QED) is 0.705. The van der Waals surface area contributed by atoms with Crippen molar-refractivity contribution in [3.05, 3.63) is 59.3 Å². The van der Waals surface area contributed by atoms with Gasteiger partial charge in [-0.3, -0.25) is 9.59 Å². The Hall–Kier alpha value is -2.67. The van der Waals surface area contributed by atoms with E-state index in [2.05, 4.69) is 10.6 Å². The maximum absolute atomic E-state index is 13.1. The van der Waals surface area contributed by atoms with Gasteiger partial charge in [0.15, 0.2) is 0 Å². The minimum atomic E-state index is -1.35. The zero-order valence-electron chi connectivity index (χ0n) is 14.1. The summed E-state index contributed by atoms with van der Waals surface area (Å²) in [5.41, 5.74) is -0.829. The highest BCUT2D eigenvalue weighted by Gasteiger charge is 2.27. The first kappa shape index (κ1) is 18.7. The maximum Gasteiger partial charge on any atom is 0.239 e. The molecule has 1 heterocycles. The SMILES string of the molecule is Cc1ccc(C(C)(O)CNC(=O)CNC(=O)Cc2cccc(F)c2)o1. The lowest BCUT2D eigenvalue weighted by molar-refractivity contribution is -0.126. The van der Waals surface area contributed by atoms with Gasteiger partial charge in [-0.1, -0.05) is 12.1 Å². The summed E-state index contributed by atoms with van der Waals surface area (Å²) < 4.78 is 18.4. The second-order valence-electron chi connectivity index (χ2n) is 6.04. The zero-order valence-corrected chi connectivity index (χ0v) is 14.1. The van der Waals surface area contributed by atoms with Crippen LogP contribution in [-0.2, 0) is 21.6 Å². The minimum absolute atomic E-state index is 0.0194. The summed E-state index contributed by atoms with van der Waals surface area (Å²) >= 11 is 0. The first-order valence-electron chi connectivity index (χ1n) is 7.83. The van der Waals surface area contributed by atoms with Gasteiger partial charge in [0.25, 0.3) is 0 Å². The fourth-order valence-electron chi connectivity index (χ4n) is 2.22. The molecule has 0 aliphatic heterocycles. The molecule has 1 atom stereocenters. The molecule has 3 N–H and O–H groups in total. The lowest BCUT2D eigenvalue weighted by Crippen LogP contribution is -2.43. The maximum atomic E-state index is 13.1. The van der Waals surface area contributed by atoms with Crippen LogP contribution < -0.4 is 10.6 Å². The van der Waals surface area contributed by atoms with E-state index in [4.69, 9.17) is 4.42 Å². The third-order valence-electron chi connectivity index (χ3n) is 3.60. The second-order valence-corrected chi connectivity index (χ2v) is 6.04. The van der Waals surface area contributed by atoms with Gasteiger partial charge < -0.3 is 20.2 Å². The number of benzene rings is 1. The summed E-state index contributed by atoms with van der Waals surface area (Å²) in [6.07, 6.45) is -0.0194. The molecule has 6 nitrogen and oxygen atoms in total. The Balaban J connectivity index is 1.75. The molecular weight excluding hydrogens is 327 g/mol. The van der Waals surface area contributed by atoms with Gasteiger partial charge in [0.05, 0.1) is 19.5 Å². The number of aryl methyl sites for hydroxylation is 1. The van der Waals surface area contributed by atoms with Gasteiger partial charge in [-0.05, 0) is 43.7 Å². The fourth-order valence-corrected chi connectivity index (χ4v) is 2.22. The number of hydrogen-bond donors (Lipinski definition) is 3. The Kier molecular flexibility index (Phi) is 5.93. The average molecular weight is 348 g/mol. The van der Waals surface area contributed by atoms with E-state index in [1.165, 1.54) is 25.1 Å². The molecule has 1 aromatic heterocycles. The number of carbonyl (C=O) groups is 2. The summed E-state index contributed by atoms with van der Waals surface area (Å²) in [4.78, 5) is 23.6. The van der Waals surface area contributed by atoms with Crippen molar-refractivity contribution >= 4 is 11.8 Å². The van der Waals surface area contributed by atoms with Crippen LogP contribution in [-0.4, -0.2) is 30.0 Å². The predicted octanol–water partition coefficient (Wildman–Crippen LogP) is 1.41. The molecule has 0 fully saturated rings. The van der Waals surface area contributed by atoms with Crippen LogP contribution in [0.15, 0.2) is 40.8 Å². The zero-order chi connectivity index (χ0) is 18.4. The van der Waals surface area contributed by atoms with Crippen molar-refractivity contribution < 1.29 is 23.5 Å². The monoisotopic (exact) mass is 348 g/mol. The Bertz CT molecular complexity index is 755. The number of amides is 2. The average Bonchev–Trinajstić information content (AvgIpc) is 2.98. The standard InChI is InChI=1S/C18H21FN2O4/c1-12-6-7-15(25-12)18(2,24)11-21-17(23)10-20-16(22)9-13-4-3-5-14(19)8-13/h3-8,24H,9-11H2,1-2H3,(H,20,22)(H,21,23). The minimum Gasteiger partial charge on any atom is -0.463 e. The van der Waals surface area contributed by atoms with Crippen LogP contribution in [0.1, 0.15) is 24.0 Å². The van der Waals surface area contributed by atoms with Gasteiger partial charge >= 0.3 is 0 Å². The second kappa shape index (κ2) is 7.94. The van der Waals surface area contributed by atoms with Crippen molar-refractivity contribution in [1.82, 2.24) is 10.6 Å². The van der Waals surface area contributed by atoms with Crippen LogP contribution in [0.25, 0.3) is 0 Å².